The van der Waals surface area contributed by atoms with Gasteiger partial charge in [0.1, 0.15) is 0 Å². The molecule has 20 heavy (non-hydrogen) atoms. The second-order valence-electron chi connectivity index (χ2n) is 5.39. The maximum absolute atomic E-state index is 12.2. The highest BCUT2D eigenvalue weighted by atomic mass is 35.5. The molecule has 110 valence electrons. The molecule has 1 aromatic carbocycles. The van der Waals surface area contributed by atoms with Gasteiger partial charge in [-0.15, -0.1) is 0 Å². The lowest BCUT2D eigenvalue weighted by Gasteiger charge is -2.25. The van der Waals surface area contributed by atoms with Crippen LogP contribution in [0.4, 0.5) is 0 Å². The summed E-state index contributed by atoms with van der Waals surface area (Å²) in [5.74, 6) is -0.0136. The van der Waals surface area contributed by atoms with Crippen LogP contribution in [-0.2, 0) is 11.2 Å². The van der Waals surface area contributed by atoms with Crippen LogP contribution < -0.4 is 10.6 Å². The van der Waals surface area contributed by atoms with Gasteiger partial charge in [0, 0.05) is 28.5 Å². The molecule has 1 aliphatic heterocycles. The molecule has 0 radical (unpaired) electrons. The topological polar surface area (TPSA) is 41.1 Å². The summed E-state index contributed by atoms with van der Waals surface area (Å²) in [7, 11) is 0. The zero-order valence-electron chi connectivity index (χ0n) is 11.6. The quantitative estimate of drug-likeness (QED) is 0.897. The van der Waals surface area contributed by atoms with Crippen molar-refractivity contribution in [2.75, 3.05) is 13.1 Å². The summed E-state index contributed by atoms with van der Waals surface area (Å²) < 4.78 is 0. The van der Waals surface area contributed by atoms with Crippen LogP contribution in [0.3, 0.4) is 0 Å². The lowest BCUT2D eigenvalue weighted by atomic mass is 9.99. The lowest BCUT2D eigenvalue weighted by Crippen LogP contribution is -2.47. The first-order valence-corrected chi connectivity index (χ1v) is 7.77. The minimum absolute atomic E-state index is 0.0877. The molecular weight excluding hydrogens is 295 g/mol. The largest absolute Gasteiger partial charge is 0.352 e. The first-order chi connectivity index (χ1) is 9.56. The molecule has 0 spiro atoms. The molecule has 1 aliphatic rings. The van der Waals surface area contributed by atoms with Crippen LogP contribution in [0.2, 0.25) is 10.0 Å². The van der Waals surface area contributed by atoms with E-state index >= 15 is 0 Å². The Morgan fingerprint density at radius 3 is 2.95 bits per heavy atom. The van der Waals surface area contributed by atoms with Crippen LogP contribution >= 0.6 is 23.2 Å². The Morgan fingerprint density at radius 1 is 1.50 bits per heavy atom. The maximum atomic E-state index is 12.2. The van der Waals surface area contributed by atoms with Gasteiger partial charge in [0.05, 0.1) is 0 Å². The normalized spacial score (nSPS) is 20.4. The van der Waals surface area contributed by atoms with Gasteiger partial charge < -0.3 is 10.6 Å². The van der Waals surface area contributed by atoms with Gasteiger partial charge in [-0.05, 0) is 43.5 Å². The van der Waals surface area contributed by atoms with Gasteiger partial charge in [0.2, 0.25) is 5.91 Å². The highest BCUT2D eigenvalue weighted by Gasteiger charge is 2.20. The highest BCUT2D eigenvalue weighted by molar-refractivity contribution is 6.35. The Balaban J connectivity index is 1.89. The number of benzene rings is 1. The van der Waals surface area contributed by atoms with E-state index in [-0.39, 0.29) is 17.9 Å². The van der Waals surface area contributed by atoms with Crippen LogP contribution in [0.25, 0.3) is 0 Å². The van der Waals surface area contributed by atoms with E-state index in [9.17, 15) is 4.79 Å². The molecule has 1 unspecified atom stereocenters. The van der Waals surface area contributed by atoms with E-state index in [4.69, 9.17) is 23.2 Å². The molecule has 0 saturated carbocycles. The zero-order chi connectivity index (χ0) is 14.5. The highest BCUT2D eigenvalue weighted by Crippen LogP contribution is 2.23. The predicted molar refractivity (Wildman–Crippen MR) is 83.4 cm³/mol. The van der Waals surface area contributed by atoms with Crippen molar-refractivity contribution in [3.8, 4) is 0 Å². The Labute approximate surface area is 130 Å². The third kappa shape index (κ3) is 4.37. The average Bonchev–Trinajstić information content (AvgIpc) is 2.43. The smallest absolute Gasteiger partial charge is 0.223 e. The van der Waals surface area contributed by atoms with Gasteiger partial charge >= 0.3 is 0 Å². The summed E-state index contributed by atoms with van der Waals surface area (Å²) in [6.07, 6.45) is 2.79. The Hall–Kier alpha value is -0.770. The van der Waals surface area contributed by atoms with Crippen molar-refractivity contribution in [3.05, 3.63) is 33.8 Å². The Bertz CT molecular complexity index is 473. The molecular formula is C15H20Cl2N2O. The standard InChI is InChI=1S/C15H20Cl2N2O/c1-10(7-11-4-5-12(16)8-14(11)17)15(20)19-13-3-2-6-18-9-13/h4-5,8,10,13,18H,2-3,6-7,9H2,1H3,(H,19,20)/t10?,13-/m0/s1. The molecule has 0 aromatic heterocycles. The van der Waals surface area contributed by atoms with Crippen molar-refractivity contribution in [2.45, 2.75) is 32.2 Å². The number of hydrogen-bond donors (Lipinski definition) is 2. The minimum Gasteiger partial charge on any atom is -0.352 e. The van der Waals surface area contributed by atoms with Gasteiger partial charge in [-0.3, -0.25) is 4.79 Å². The number of halogens is 2. The Morgan fingerprint density at radius 2 is 2.30 bits per heavy atom. The van der Waals surface area contributed by atoms with Crippen molar-refractivity contribution in [2.24, 2.45) is 5.92 Å². The number of nitrogens with one attached hydrogen (secondary N) is 2. The number of rotatable bonds is 4. The Kier molecular flexibility index (Phi) is 5.70. The van der Waals surface area contributed by atoms with Crippen LogP contribution in [0.1, 0.15) is 25.3 Å². The number of amides is 1. The minimum atomic E-state index is -0.101. The van der Waals surface area contributed by atoms with Crippen LogP contribution in [-0.4, -0.2) is 25.0 Å². The predicted octanol–water partition coefficient (Wildman–Crippen LogP) is 3.04. The summed E-state index contributed by atoms with van der Waals surface area (Å²) in [5.41, 5.74) is 0.959. The molecule has 1 saturated heterocycles. The molecule has 0 aliphatic carbocycles. The summed E-state index contributed by atoms with van der Waals surface area (Å²) in [6, 6.07) is 5.66. The summed E-state index contributed by atoms with van der Waals surface area (Å²) in [5, 5.41) is 7.63. The zero-order valence-corrected chi connectivity index (χ0v) is 13.1. The molecule has 0 bridgehead atoms. The van der Waals surface area contributed by atoms with Crippen LogP contribution in [0, 0.1) is 5.92 Å². The molecule has 1 heterocycles. The molecule has 3 nitrogen and oxygen atoms in total. The molecule has 2 rings (SSSR count). The molecule has 1 aromatic rings. The summed E-state index contributed by atoms with van der Waals surface area (Å²) >= 11 is 12.0. The molecule has 5 heteroatoms. The summed E-state index contributed by atoms with van der Waals surface area (Å²) in [4.78, 5) is 12.2. The number of carbonyl (C=O) groups is 1. The van der Waals surface area contributed by atoms with Crippen molar-refractivity contribution >= 4 is 29.1 Å². The lowest BCUT2D eigenvalue weighted by molar-refractivity contribution is -0.125. The average molecular weight is 315 g/mol. The summed E-state index contributed by atoms with van der Waals surface area (Å²) in [6.45, 7) is 3.83. The monoisotopic (exact) mass is 314 g/mol. The second-order valence-corrected chi connectivity index (χ2v) is 6.24. The van der Waals surface area contributed by atoms with Crippen LogP contribution in [0.15, 0.2) is 18.2 Å². The fourth-order valence-electron chi connectivity index (χ4n) is 2.43. The molecule has 2 atom stereocenters. The van der Waals surface area contributed by atoms with Gasteiger partial charge in [-0.1, -0.05) is 36.2 Å². The van der Waals surface area contributed by atoms with E-state index < -0.39 is 0 Å². The number of piperidine rings is 1. The number of hydrogen-bond acceptors (Lipinski definition) is 2. The van der Waals surface area contributed by atoms with Crippen molar-refractivity contribution in [1.82, 2.24) is 10.6 Å². The van der Waals surface area contributed by atoms with Crippen molar-refractivity contribution in [3.63, 3.8) is 0 Å². The molecule has 1 fully saturated rings. The first-order valence-electron chi connectivity index (χ1n) is 7.01. The second kappa shape index (κ2) is 7.30. The number of carbonyl (C=O) groups excluding carboxylic acids is 1. The van der Waals surface area contributed by atoms with E-state index in [0.717, 1.165) is 31.5 Å². The van der Waals surface area contributed by atoms with E-state index in [0.29, 0.717) is 16.5 Å². The van der Waals surface area contributed by atoms with Crippen LogP contribution in [0.5, 0.6) is 0 Å². The van der Waals surface area contributed by atoms with Gasteiger partial charge in [0.25, 0.3) is 0 Å². The van der Waals surface area contributed by atoms with Gasteiger partial charge in [0.15, 0.2) is 0 Å². The van der Waals surface area contributed by atoms with E-state index in [2.05, 4.69) is 10.6 Å². The van der Waals surface area contributed by atoms with E-state index in [1.54, 1.807) is 12.1 Å². The SMILES string of the molecule is CC(Cc1ccc(Cl)cc1Cl)C(=O)N[C@H]1CCCNC1. The molecule has 2 N–H and O–H groups in total. The molecule has 1 amide bonds. The van der Waals surface area contributed by atoms with Crippen molar-refractivity contribution < 1.29 is 4.79 Å². The fraction of sp³-hybridized carbons (Fsp3) is 0.533. The maximum Gasteiger partial charge on any atom is 0.223 e. The van der Waals surface area contributed by atoms with Gasteiger partial charge in [-0.25, -0.2) is 0 Å². The van der Waals surface area contributed by atoms with E-state index in [1.165, 1.54) is 0 Å². The van der Waals surface area contributed by atoms with Crippen molar-refractivity contribution in [1.29, 1.82) is 0 Å². The fourth-order valence-corrected chi connectivity index (χ4v) is 2.91. The third-order valence-electron chi connectivity index (χ3n) is 3.63. The van der Waals surface area contributed by atoms with Gasteiger partial charge in [-0.2, -0.15) is 0 Å². The van der Waals surface area contributed by atoms with E-state index in [1.807, 2.05) is 13.0 Å². The first kappa shape index (κ1) is 15.6. The third-order valence-corrected chi connectivity index (χ3v) is 4.22.